The quantitative estimate of drug-likeness (QED) is 0.749. The highest BCUT2D eigenvalue weighted by molar-refractivity contribution is 5.89. The van der Waals surface area contributed by atoms with Crippen LogP contribution in [0.5, 0.6) is 0 Å². The van der Waals surface area contributed by atoms with Crippen LogP contribution in [0, 0.1) is 29.5 Å². The molecule has 0 amide bonds. The van der Waals surface area contributed by atoms with Crippen LogP contribution >= 0.6 is 0 Å². The largest absolute Gasteiger partial charge is 0.458 e. The van der Waals surface area contributed by atoms with Gasteiger partial charge in [-0.3, -0.25) is 0 Å². The molecule has 114 valence electrons. The van der Waals surface area contributed by atoms with Crippen LogP contribution in [0.3, 0.4) is 0 Å². The average Bonchev–Trinajstić information content (AvgIpc) is 2.75. The third-order valence-corrected chi connectivity index (χ3v) is 6.36. The molecule has 0 heterocycles. The van der Waals surface area contributed by atoms with Gasteiger partial charge in [-0.1, -0.05) is 20.8 Å². The molecular formula is C18H23FO2. The van der Waals surface area contributed by atoms with Crippen molar-refractivity contribution in [2.75, 3.05) is 0 Å². The van der Waals surface area contributed by atoms with E-state index < -0.39 is 0 Å². The predicted molar refractivity (Wildman–Crippen MR) is 79.6 cm³/mol. The van der Waals surface area contributed by atoms with E-state index in [1.54, 1.807) is 13.0 Å². The fraction of sp³-hybridized carbons (Fsp3) is 0.611. The molecule has 2 aliphatic carbocycles. The van der Waals surface area contributed by atoms with Gasteiger partial charge in [0.05, 0.1) is 5.56 Å². The number of fused-ring (bicyclic) bond motifs is 2. The van der Waals surface area contributed by atoms with Crippen molar-refractivity contribution in [1.29, 1.82) is 0 Å². The van der Waals surface area contributed by atoms with Crippen LogP contribution in [0.25, 0.3) is 0 Å². The molecule has 21 heavy (non-hydrogen) atoms. The summed E-state index contributed by atoms with van der Waals surface area (Å²) in [7, 11) is 0. The zero-order valence-electron chi connectivity index (χ0n) is 13.2. The monoisotopic (exact) mass is 290 g/mol. The Labute approximate surface area is 125 Å². The number of carbonyl (C=O) groups excluding carboxylic acids is 1. The van der Waals surface area contributed by atoms with E-state index in [0.29, 0.717) is 17.0 Å². The first kappa shape index (κ1) is 14.6. The number of rotatable bonds is 2. The molecule has 0 aromatic heterocycles. The number of halogens is 1. The molecule has 0 N–H and O–H groups in total. The van der Waals surface area contributed by atoms with E-state index in [2.05, 4.69) is 20.8 Å². The molecule has 0 saturated heterocycles. The highest BCUT2D eigenvalue weighted by Gasteiger charge is 2.62. The number of ether oxygens (including phenoxy) is 1. The van der Waals surface area contributed by atoms with Gasteiger partial charge in [-0.25, -0.2) is 9.18 Å². The number of esters is 1. The summed E-state index contributed by atoms with van der Waals surface area (Å²) in [5.74, 6) is 0.0162. The number of hydrogen-bond acceptors (Lipinski definition) is 2. The summed E-state index contributed by atoms with van der Waals surface area (Å²) in [4.78, 5) is 12.3. The zero-order valence-corrected chi connectivity index (χ0v) is 13.2. The SMILES string of the molecule is Cc1cc(C(=O)OC2CC3CCC2(C)C3(C)C)ccc1F. The van der Waals surface area contributed by atoms with Crippen LogP contribution in [-0.4, -0.2) is 12.1 Å². The summed E-state index contributed by atoms with van der Waals surface area (Å²) in [6, 6.07) is 4.40. The topological polar surface area (TPSA) is 26.3 Å². The molecular weight excluding hydrogens is 267 g/mol. The van der Waals surface area contributed by atoms with Gasteiger partial charge in [0.1, 0.15) is 11.9 Å². The maximum absolute atomic E-state index is 13.3. The molecule has 0 spiro atoms. The molecule has 3 atom stereocenters. The lowest BCUT2D eigenvalue weighted by Gasteiger charge is -2.38. The molecule has 0 radical (unpaired) electrons. The smallest absolute Gasteiger partial charge is 0.338 e. The maximum atomic E-state index is 13.3. The minimum atomic E-state index is -0.326. The molecule has 3 rings (SSSR count). The Morgan fingerprint density at radius 3 is 2.57 bits per heavy atom. The Morgan fingerprint density at radius 2 is 2.05 bits per heavy atom. The number of carbonyl (C=O) groups is 1. The fourth-order valence-electron chi connectivity index (χ4n) is 4.28. The molecule has 2 bridgehead atoms. The lowest BCUT2D eigenvalue weighted by atomic mass is 9.70. The molecule has 2 saturated carbocycles. The summed E-state index contributed by atoms with van der Waals surface area (Å²) < 4.78 is 19.1. The fourth-order valence-corrected chi connectivity index (χ4v) is 4.28. The number of benzene rings is 1. The average molecular weight is 290 g/mol. The molecule has 1 aromatic carbocycles. The molecule has 2 nitrogen and oxygen atoms in total. The first-order valence-electron chi connectivity index (χ1n) is 7.73. The van der Waals surface area contributed by atoms with Crippen LogP contribution in [0.15, 0.2) is 18.2 Å². The third kappa shape index (κ3) is 2.01. The lowest BCUT2D eigenvalue weighted by molar-refractivity contribution is -0.0242. The molecule has 0 aliphatic heterocycles. The van der Waals surface area contributed by atoms with Crippen LogP contribution in [-0.2, 0) is 4.74 Å². The standard InChI is InChI=1S/C18H23FO2/c1-11-9-12(5-6-14(11)19)16(20)21-15-10-13-7-8-18(15,4)17(13,2)3/h5-6,9,13,15H,7-8,10H2,1-4H3. The Balaban J connectivity index is 1.79. The van der Waals surface area contributed by atoms with Gasteiger partial charge in [0.25, 0.3) is 0 Å². The molecule has 2 fully saturated rings. The Kier molecular flexibility index (Phi) is 3.16. The van der Waals surface area contributed by atoms with E-state index in [1.807, 2.05) is 0 Å². The van der Waals surface area contributed by atoms with Crippen LogP contribution in [0.2, 0.25) is 0 Å². The second kappa shape index (κ2) is 4.56. The van der Waals surface area contributed by atoms with E-state index in [0.717, 1.165) is 12.8 Å². The molecule has 2 aliphatic rings. The zero-order chi connectivity index (χ0) is 15.4. The van der Waals surface area contributed by atoms with Crippen LogP contribution in [0.1, 0.15) is 56.0 Å². The van der Waals surface area contributed by atoms with E-state index in [1.165, 1.54) is 18.6 Å². The van der Waals surface area contributed by atoms with Gasteiger partial charge in [-0.05, 0) is 61.3 Å². The summed E-state index contributed by atoms with van der Waals surface area (Å²) in [5.41, 5.74) is 1.20. The minimum absolute atomic E-state index is 0.0240. The van der Waals surface area contributed by atoms with Gasteiger partial charge >= 0.3 is 5.97 Å². The van der Waals surface area contributed by atoms with E-state index in [4.69, 9.17) is 4.74 Å². The number of hydrogen-bond donors (Lipinski definition) is 0. The van der Waals surface area contributed by atoms with Crippen molar-refractivity contribution in [1.82, 2.24) is 0 Å². The summed E-state index contributed by atoms with van der Waals surface area (Å²) in [6.07, 6.45) is 3.28. The first-order chi connectivity index (χ1) is 9.75. The second-order valence-corrected chi connectivity index (χ2v) is 7.47. The van der Waals surface area contributed by atoms with Crippen LogP contribution < -0.4 is 0 Å². The highest BCUT2D eigenvalue weighted by atomic mass is 19.1. The van der Waals surface area contributed by atoms with Gasteiger partial charge in [0.2, 0.25) is 0 Å². The van der Waals surface area contributed by atoms with E-state index in [-0.39, 0.29) is 28.7 Å². The Hall–Kier alpha value is -1.38. The van der Waals surface area contributed by atoms with Gasteiger partial charge in [-0.2, -0.15) is 0 Å². The van der Waals surface area contributed by atoms with Gasteiger partial charge in [0.15, 0.2) is 0 Å². The lowest BCUT2D eigenvalue weighted by Crippen LogP contribution is -2.38. The van der Waals surface area contributed by atoms with Crippen molar-refractivity contribution in [3.63, 3.8) is 0 Å². The van der Waals surface area contributed by atoms with Crippen molar-refractivity contribution in [3.8, 4) is 0 Å². The molecule has 3 heteroatoms. The van der Waals surface area contributed by atoms with E-state index >= 15 is 0 Å². The number of aryl methyl sites for hydroxylation is 1. The molecule has 3 unspecified atom stereocenters. The summed E-state index contributed by atoms with van der Waals surface area (Å²) in [5, 5.41) is 0. The summed E-state index contributed by atoms with van der Waals surface area (Å²) in [6.45, 7) is 8.49. The van der Waals surface area contributed by atoms with Gasteiger partial charge in [0, 0.05) is 5.41 Å². The minimum Gasteiger partial charge on any atom is -0.458 e. The highest BCUT2D eigenvalue weighted by Crippen LogP contribution is 2.66. The van der Waals surface area contributed by atoms with Gasteiger partial charge in [-0.15, -0.1) is 0 Å². The second-order valence-electron chi connectivity index (χ2n) is 7.47. The van der Waals surface area contributed by atoms with Crippen molar-refractivity contribution < 1.29 is 13.9 Å². The van der Waals surface area contributed by atoms with Crippen molar-refractivity contribution in [2.45, 2.75) is 53.1 Å². The first-order valence-corrected chi connectivity index (χ1v) is 7.73. The van der Waals surface area contributed by atoms with Crippen molar-refractivity contribution in [2.24, 2.45) is 16.7 Å². The predicted octanol–water partition coefficient (Wildman–Crippen LogP) is 4.51. The summed E-state index contributed by atoms with van der Waals surface area (Å²) >= 11 is 0. The maximum Gasteiger partial charge on any atom is 0.338 e. The van der Waals surface area contributed by atoms with E-state index in [9.17, 15) is 9.18 Å². The normalized spacial score (nSPS) is 33.2. The van der Waals surface area contributed by atoms with Crippen molar-refractivity contribution >= 4 is 5.97 Å². The molecule has 1 aromatic rings. The van der Waals surface area contributed by atoms with Crippen molar-refractivity contribution in [3.05, 3.63) is 35.1 Å². The van der Waals surface area contributed by atoms with Gasteiger partial charge < -0.3 is 4.74 Å². The Morgan fingerprint density at radius 1 is 1.33 bits per heavy atom. The third-order valence-electron chi connectivity index (χ3n) is 6.36. The Bertz CT molecular complexity index is 593. The van der Waals surface area contributed by atoms with Crippen LogP contribution in [0.4, 0.5) is 4.39 Å².